The number of halogens is 7. The molecule has 0 spiro atoms. The maximum atomic E-state index is 14.2. The average Bonchev–Trinajstić information content (AvgIpc) is 3.34. The number of benzene rings is 2. The lowest BCUT2D eigenvalue weighted by Gasteiger charge is -2.23. The van der Waals surface area contributed by atoms with Crippen molar-refractivity contribution in [3.8, 4) is 11.1 Å². The summed E-state index contributed by atoms with van der Waals surface area (Å²) in [5, 5.41) is 0. The number of hydrogen-bond donors (Lipinski definition) is 0. The molecule has 0 aromatic heterocycles. The van der Waals surface area contributed by atoms with Gasteiger partial charge in [-0.25, -0.2) is 4.39 Å². The van der Waals surface area contributed by atoms with Crippen molar-refractivity contribution in [2.45, 2.75) is 38.0 Å². The molecule has 33 heavy (non-hydrogen) atoms. The third-order valence-electron chi connectivity index (χ3n) is 5.69. The first-order chi connectivity index (χ1) is 15.4. The number of amides is 2. The Labute approximate surface area is 183 Å². The van der Waals surface area contributed by atoms with Crippen molar-refractivity contribution in [2.75, 3.05) is 22.9 Å². The van der Waals surface area contributed by atoms with E-state index >= 15 is 0 Å². The molecule has 0 atom stereocenters. The largest absolute Gasteiger partial charge is 0.419 e. The summed E-state index contributed by atoms with van der Waals surface area (Å²) < 4.78 is 94.3. The van der Waals surface area contributed by atoms with Gasteiger partial charge in [-0.05, 0) is 54.3 Å². The van der Waals surface area contributed by atoms with E-state index in [1.807, 2.05) is 0 Å². The molecule has 2 aromatic carbocycles. The van der Waals surface area contributed by atoms with Gasteiger partial charge in [-0.1, -0.05) is 0 Å². The topological polar surface area (TPSA) is 40.6 Å². The molecule has 0 aliphatic carbocycles. The van der Waals surface area contributed by atoms with Crippen molar-refractivity contribution in [2.24, 2.45) is 0 Å². The summed E-state index contributed by atoms with van der Waals surface area (Å²) in [5.74, 6) is -2.91. The molecule has 0 unspecified atom stereocenters. The molecule has 2 aliphatic heterocycles. The van der Waals surface area contributed by atoms with Gasteiger partial charge < -0.3 is 9.80 Å². The van der Waals surface area contributed by atoms with Gasteiger partial charge in [-0.3, -0.25) is 9.59 Å². The molecule has 176 valence electrons. The zero-order valence-electron chi connectivity index (χ0n) is 17.0. The Balaban J connectivity index is 1.94. The van der Waals surface area contributed by atoms with Crippen LogP contribution in [0.3, 0.4) is 0 Å². The zero-order valence-corrected chi connectivity index (χ0v) is 17.0. The fraction of sp³-hybridized carbons (Fsp3) is 0.364. The Bertz CT molecular complexity index is 1050. The SMILES string of the molecule is O=C1CCCN1c1cc(-c2cc(C(F)(F)F)c(F)c(C(F)(F)F)c2)cc(N2CCCC2=O)c1. The maximum Gasteiger partial charge on any atom is 0.419 e. The maximum absolute atomic E-state index is 14.2. The van der Waals surface area contributed by atoms with Crippen molar-refractivity contribution < 1.29 is 40.3 Å². The number of hydrogen-bond acceptors (Lipinski definition) is 2. The minimum Gasteiger partial charge on any atom is -0.312 e. The minimum absolute atomic E-state index is 0.0992. The summed E-state index contributed by atoms with van der Waals surface area (Å²) in [6.07, 6.45) is -9.17. The molecule has 0 bridgehead atoms. The van der Waals surface area contributed by atoms with E-state index in [9.17, 15) is 40.3 Å². The Kier molecular flexibility index (Phi) is 5.61. The fourth-order valence-electron chi connectivity index (χ4n) is 4.12. The van der Waals surface area contributed by atoms with E-state index < -0.39 is 34.9 Å². The summed E-state index contributed by atoms with van der Waals surface area (Å²) in [6.45, 7) is 0.640. The first kappa shape index (κ1) is 23.1. The molecule has 2 amide bonds. The van der Waals surface area contributed by atoms with Gasteiger partial charge in [0.1, 0.15) is 5.82 Å². The highest BCUT2D eigenvalue weighted by atomic mass is 19.4. The molecule has 4 nitrogen and oxygen atoms in total. The number of carbonyl (C=O) groups excluding carboxylic acids is 2. The van der Waals surface area contributed by atoms with E-state index in [0.717, 1.165) is 0 Å². The number of nitrogens with zero attached hydrogens (tertiary/aromatic N) is 2. The van der Waals surface area contributed by atoms with Crippen LogP contribution in [0.4, 0.5) is 42.1 Å². The lowest BCUT2D eigenvalue weighted by Crippen LogP contribution is -2.26. The van der Waals surface area contributed by atoms with Crippen molar-refractivity contribution in [1.29, 1.82) is 0 Å². The van der Waals surface area contributed by atoms with Gasteiger partial charge in [0.2, 0.25) is 11.8 Å². The second kappa shape index (κ2) is 8.03. The fourth-order valence-corrected chi connectivity index (χ4v) is 4.12. The van der Waals surface area contributed by atoms with Crippen LogP contribution in [0.1, 0.15) is 36.8 Å². The highest BCUT2D eigenvalue weighted by molar-refractivity contribution is 6.00. The lowest BCUT2D eigenvalue weighted by molar-refractivity contribution is -0.147. The first-order valence-electron chi connectivity index (χ1n) is 10.1. The molecule has 2 aromatic rings. The standard InChI is InChI=1S/C22H17F7N2O2/c23-20-16(21(24,25)26)9-13(10-17(20)22(27,28)29)12-7-14(30-5-1-3-18(30)32)11-15(8-12)31-6-2-4-19(31)33/h7-11H,1-6H2. The highest BCUT2D eigenvalue weighted by Crippen LogP contribution is 2.43. The number of carbonyl (C=O) groups is 2. The van der Waals surface area contributed by atoms with Crippen molar-refractivity contribution in [3.63, 3.8) is 0 Å². The van der Waals surface area contributed by atoms with Gasteiger partial charge in [0.15, 0.2) is 0 Å². The van der Waals surface area contributed by atoms with E-state index in [0.29, 0.717) is 38.1 Å². The molecule has 11 heteroatoms. The summed E-state index contributed by atoms with van der Waals surface area (Å²) in [6, 6.07) is 4.69. The zero-order chi connectivity index (χ0) is 24.1. The van der Waals surface area contributed by atoms with Gasteiger partial charge in [0.25, 0.3) is 0 Å². The lowest BCUT2D eigenvalue weighted by atomic mass is 9.97. The summed E-state index contributed by atoms with van der Waals surface area (Å²) in [7, 11) is 0. The predicted molar refractivity (Wildman–Crippen MR) is 105 cm³/mol. The highest BCUT2D eigenvalue weighted by Gasteiger charge is 2.42. The van der Waals surface area contributed by atoms with Crippen LogP contribution in [0.25, 0.3) is 11.1 Å². The van der Waals surface area contributed by atoms with Crippen LogP contribution in [0.2, 0.25) is 0 Å². The van der Waals surface area contributed by atoms with E-state index in [2.05, 4.69) is 0 Å². The summed E-state index contributed by atoms with van der Waals surface area (Å²) >= 11 is 0. The molecule has 2 saturated heterocycles. The van der Waals surface area contributed by atoms with Crippen LogP contribution in [0.5, 0.6) is 0 Å². The predicted octanol–water partition coefficient (Wildman–Crippen LogP) is 5.78. The Morgan fingerprint density at radius 2 is 1.03 bits per heavy atom. The molecule has 2 heterocycles. The third kappa shape index (κ3) is 4.40. The number of rotatable bonds is 3. The summed E-state index contributed by atoms with van der Waals surface area (Å²) in [5.41, 5.74) is -4.23. The minimum atomic E-state index is -5.36. The van der Waals surface area contributed by atoms with Gasteiger partial charge >= 0.3 is 12.4 Å². The summed E-state index contributed by atoms with van der Waals surface area (Å²) in [4.78, 5) is 27.2. The Hall–Kier alpha value is -3.11. The van der Waals surface area contributed by atoms with E-state index in [-0.39, 0.29) is 41.6 Å². The van der Waals surface area contributed by atoms with Crippen molar-refractivity contribution >= 4 is 23.2 Å². The van der Waals surface area contributed by atoms with Gasteiger partial charge in [0.05, 0.1) is 11.1 Å². The van der Waals surface area contributed by atoms with Crippen LogP contribution in [0.15, 0.2) is 30.3 Å². The molecule has 0 N–H and O–H groups in total. The van der Waals surface area contributed by atoms with Crippen LogP contribution >= 0.6 is 0 Å². The smallest absolute Gasteiger partial charge is 0.312 e. The van der Waals surface area contributed by atoms with Crippen molar-refractivity contribution in [3.05, 3.63) is 47.3 Å². The Morgan fingerprint density at radius 3 is 1.36 bits per heavy atom. The monoisotopic (exact) mass is 474 g/mol. The molecular formula is C22H17F7N2O2. The van der Waals surface area contributed by atoms with Crippen LogP contribution < -0.4 is 9.80 Å². The van der Waals surface area contributed by atoms with Gasteiger partial charge in [0, 0.05) is 37.3 Å². The normalized spacial score (nSPS) is 17.4. The quantitative estimate of drug-likeness (QED) is 0.529. The van der Waals surface area contributed by atoms with Crippen LogP contribution in [0, 0.1) is 5.82 Å². The molecule has 2 fully saturated rings. The second-order valence-electron chi connectivity index (χ2n) is 7.92. The third-order valence-corrected chi connectivity index (χ3v) is 5.69. The molecule has 2 aliphatic rings. The average molecular weight is 474 g/mol. The van der Waals surface area contributed by atoms with E-state index in [1.165, 1.54) is 28.0 Å². The number of alkyl halides is 6. The van der Waals surface area contributed by atoms with Crippen LogP contribution in [-0.4, -0.2) is 24.9 Å². The second-order valence-corrected chi connectivity index (χ2v) is 7.92. The molecule has 0 radical (unpaired) electrons. The molecular weight excluding hydrogens is 457 g/mol. The van der Waals surface area contributed by atoms with E-state index in [4.69, 9.17) is 0 Å². The van der Waals surface area contributed by atoms with Gasteiger partial charge in [-0.15, -0.1) is 0 Å². The van der Waals surface area contributed by atoms with Gasteiger partial charge in [-0.2, -0.15) is 26.3 Å². The number of anilines is 2. The molecule has 0 saturated carbocycles. The van der Waals surface area contributed by atoms with Crippen LogP contribution in [-0.2, 0) is 21.9 Å². The van der Waals surface area contributed by atoms with Crippen molar-refractivity contribution in [1.82, 2.24) is 0 Å². The molecule has 4 rings (SSSR count). The van der Waals surface area contributed by atoms with E-state index in [1.54, 1.807) is 0 Å². The first-order valence-corrected chi connectivity index (χ1v) is 10.1. The Morgan fingerprint density at radius 1 is 0.636 bits per heavy atom.